The molecule has 4 rings (SSSR count). The van der Waals surface area contributed by atoms with E-state index in [0.29, 0.717) is 12.3 Å². The van der Waals surface area contributed by atoms with Gasteiger partial charge in [0.05, 0.1) is 11.0 Å². The third-order valence-electron chi connectivity index (χ3n) is 5.59. The lowest BCUT2D eigenvalue weighted by molar-refractivity contribution is -0.384. The number of nitrogens with zero attached hydrogens (tertiary/aromatic N) is 1. The average Bonchev–Trinajstić information content (AvgIpc) is 3.18. The lowest BCUT2D eigenvalue weighted by Gasteiger charge is -2.37. The van der Waals surface area contributed by atoms with Crippen molar-refractivity contribution in [3.63, 3.8) is 0 Å². The summed E-state index contributed by atoms with van der Waals surface area (Å²) >= 11 is 0. The molecule has 2 aromatic carbocycles. The Morgan fingerprint density at radius 1 is 1.25 bits per heavy atom. The van der Waals surface area contributed by atoms with Crippen molar-refractivity contribution in [3.8, 4) is 0 Å². The molecule has 3 atom stereocenters. The molecule has 1 aliphatic heterocycles. The zero-order chi connectivity index (χ0) is 19.7. The van der Waals surface area contributed by atoms with Gasteiger partial charge in [-0.3, -0.25) is 14.9 Å². The lowest BCUT2D eigenvalue weighted by Crippen LogP contribution is -2.29. The molecule has 0 bridgehead atoms. The van der Waals surface area contributed by atoms with E-state index in [1.807, 2.05) is 31.2 Å². The molecular weight excluding hydrogens is 354 g/mol. The Balaban J connectivity index is 1.62. The summed E-state index contributed by atoms with van der Waals surface area (Å²) in [6, 6.07) is 12.9. The highest BCUT2D eigenvalue weighted by Gasteiger charge is 2.38. The summed E-state index contributed by atoms with van der Waals surface area (Å²) in [5.41, 5.74) is 4.21. The van der Waals surface area contributed by atoms with Gasteiger partial charge < -0.3 is 10.6 Å². The number of non-ortho nitro benzene ring substituents is 1. The van der Waals surface area contributed by atoms with Gasteiger partial charge in [0.15, 0.2) is 0 Å². The van der Waals surface area contributed by atoms with Crippen molar-refractivity contribution in [2.75, 3.05) is 10.6 Å². The number of benzene rings is 2. The standard InChI is InChI=1S/C22H23N3O3/c1-2-4-21(26)23-15-9-12-20-19(13-15)17-5-3-6-18(17)22(24-20)14-7-10-16(11-8-14)25(27)28/h3,5,7-13,17-18,22,24H,2,4,6H2,1H3,(H,23,26). The predicted molar refractivity (Wildman–Crippen MR) is 109 cm³/mol. The molecule has 6 heteroatoms. The summed E-state index contributed by atoms with van der Waals surface area (Å²) in [5.74, 6) is 0.642. The number of nitro groups is 1. The summed E-state index contributed by atoms with van der Waals surface area (Å²) in [6.45, 7) is 1.99. The Morgan fingerprint density at radius 3 is 2.75 bits per heavy atom. The van der Waals surface area contributed by atoms with Crippen LogP contribution in [0, 0.1) is 16.0 Å². The van der Waals surface area contributed by atoms with E-state index in [1.54, 1.807) is 12.1 Å². The van der Waals surface area contributed by atoms with E-state index in [0.717, 1.165) is 29.8 Å². The minimum atomic E-state index is -0.373. The highest BCUT2D eigenvalue weighted by molar-refractivity contribution is 5.91. The summed E-state index contributed by atoms with van der Waals surface area (Å²) in [5, 5.41) is 17.5. The van der Waals surface area contributed by atoms with Crippen molar-refractivity contribution in [3.05, 3.63) is 75.9 Å². The molecule has 0 saturated carbocycles. The van der Waals surface area contributed by atoms with Gasteiger partial charge in [-0.25, -0.2) is 0 Å². The molecule has 1 amide bonds. The van der Waals surface area contributed by atoms with E-state index >= 15 is 0 Å². The van der Waals surface area contributed by atoms with Gasteiger partial charge in [0.1, 0.15) is 0 Å². The first-order valence-electron chi connectivity index (χ1n) is 9.68. The number of allylic oxidation sites excluding steroid dienone is 2. The monoisotopic (exact) mass is 377 g/mol. The third-order valence-corrected chi connectivity index (χ3v) is 5.59. The Hall–Kier alpha value is -3.15. The van der Waals surface area contributed by atoms with Crippen molar-refractivity contribution in [1.82, 2.24) is 0 Å². The van der Waals surface area contributed by atoms with Gasteiger partial charge in [0, 0.05) is 35.8 Å². The van der Waals surface area contributed by atoms with Crippen molar-refractivity contribution < 1.29 is 9.72 Å². The van der Waals surface area contributed by atoms with Crippen LogP contribution in [0.1, 0.15) is 49.3 Å². The van der Waals surface area contributed by atoms with Crippen LogP contribution in [0.15, 0.2) is 54.6 Å². The van der Waals surface area contributed by atoms with E-state index in [4.69, 9.17) is 0 Å². The van der Waals surface area contributed by atoms with Gasteiger partial charge >= 0.3 is 0 Å². The number of fused-ring (bicyclic) bond motifs is 3. The summed E-state index contributed by atoms with van der Waals surface area (Å²) in [7, 11) is 0. The molecule has 1 aliphatic carbocycles. The van der Waals surface area contributed by atoms with E-state index in [9.17, 15) is 14.9 Å². The quantitative estimate of drug-likeness (QED) is 0.428. The van der Waals surface area contributed by atoms with Crippen LogP contribution < -0.4 is 10.6 Å². The van der Waals surface area contributed by atoms with Gasteiger partial charge in [0.2, 0.25) is 5.91 Å². The van der Waals surface area contributed by atoms with Crippen molar-refractivity contribution in [1.29, 1.82) is 0 Å². The number of nitrogens with one attached hydrogen (secondary N) is 2. The Kier molecular flexibility index (Phi) is 4.86. The van der Waals surface area contributed by atoms with Crippen LogP contribution >= 0.6 is 0 Å². The molecule has 144 valence electrons. The largest absolute Gasteiger partial charge is 0.378 e. The Bertz CT molecular complexity index is 937. The molecule has 0 spiro atoms. The number of nitro benzene ring substituents is 1. The van der Waals surface area contributed by atoms with E-state index < -0.39 is 0 Å². The normalized spacial score (nSPS) is 22.1. The van der Waals surface area contributed by atoms with Crippen LogP contribution in [0.3, 0.4) is 0 Å². The second-order valence-electron chi connectivity index (χ2n) is 7.42. The van der Waals surface area contributed by atoms with Crippen LogP contribution in [-0.2, 0) is 4.79 Å². The minimum Gasteiger partial charge on any atom is -0.378 e. The zero-order valence-corrected chi connectivity index (χ0v) is 15.7. The van der Waals surface area contributed by atoms with Gasteiger partial charge in [-0.15, -0.1) is 0 Å². The zero-order valence-electron chi connectivity index (χ0n) is 15.7. The molecular formula is C22H23N3O3. The molecule has 0 radical (unpaired) electrons. The summed E-state index contributed by atoms with van der Waals surface area (Å²) < 4.78 is 0. The molecule has 3 unspecified atom stereocenters. The SMILES string of the molecule is CCCC(=O)Nc1ccc2c(c1)C1C=CCC1C(c1ccc([N+](=O)[O-])cc1)N2. The fourth-order valence-electron chi connectivity index (χ4n) is 4.26. The molecule has 1 heterocycles. The topological polar surface area (TPSA) is 84.3 Å². The number of rotatable bonds is 5. The molecule has 0 aromatic heterocycles. The summed E-state index contributed by atoms with van der Waals surface area (Å²) in [4.78, 5) is 22.5. The first-order valence-corrected chi connectivity index (χ1v) is 9.68. The summed E-state index contributed by atoms with van der Waals surface area (Å²) in [6.07, 6.45) is 6.73. The van der Waals surface area contributed by atoms with Crippen LogP contribution in [0.5, 0.6) is 0 Å². The Labute approximate surface area is 163 Å². The van der Waals surface area contributed by atoms with Crippen LogP contribution in [0.25, 0.3) is 0 Å². The molecule has 28 heavy (non-hydrogen) atoms. The fourth-order valence-corrected chi connectivity index (χ4v) is 4.26. The number of hydrogen-bond donors (Lipinski definition) is 2. The molecule has 2 aromatic rings. The fraction of sp³-hybridized carbons (Fsp3) is 0.318. The number of hydrogen-bond acceptors (Lipinski definition) is 4. The van der Waals surface area contributed by atoms with Gasteiger partial charge in [-0.2, -0.15) is 0 Å². The van der Waals surface area contributed by atoms with E-state index in [2.05, 4.69) is 28.9 Å². The van der Waals surface area contributed by atoms with Crippen molar-refractivity contribution in [2.24, 2.45) is 5.92 Å². The van der Waals surface area contributed by atoms with Crippen molar-refractivity contribution in [2.45, 2.75) is 38.1 Å². The lowest BCUT2D eigenvalue weighted by atomic mass is 9.77. The van der Waals surface area contributed by atoms with Gasteiger partial charge in [-0.05, 0) is 48.1 Å². The number of carbonyl (C=O) groups is 1. The first-order chi connectivity index (χ1) is 13.6. The highest BCUT2D eigenvalue weighted by atomic mass is 16.6. The van der Waals surface area contributed by atoms with Crippen LogP contribution in [0.2, 0.25) is 0 Å². The van der Waals surface area contributed by atoms with Gasteiger partial charge in [-0.1, -0.05) is 31.2 Å². The number of carbonyl (C=O) groups excluding carboxylic acids is 1. The van der Waals surface area contributed by atoms with E-state index in [-0.39, 0.29) is 28.5 Å². The first kappa shape index (κ1) is 18.2. The molecule has 0 saturated heterocycles. The highest BCUT2D eigenvalue weighted by Crippen LogP contribution is 2.50. The number of amides is 1. The minimum absolute atomic E-state index is 0.0356. The Morgan fingerprint density at radius 2 is 2.04 bits per heavy atom. The number of anilines is 2. The van der Waals surface area contributed by atoms with Crippen LogP contribution in [0.4, 0.5) is 17.1 Å². The van der Waals surface area contributed by atoms with Gasteiger partial charge in [0.25, 0.3) is 5.69 Å². The predicted octanol–water partition coefficient (Wildman–Crippen LogP) is 5.16. The van der Waals surface area contributed by atoms with E-state index in [1.165, 1.54) is 5.56 Å². The maximum absolute atomic E-state index is 11.9. The second kappa shape index (κ2) is 7.46. The average molecular weight is 377 g/mol. The second-order valence-corrected chi connectivity index (χ2v) is 7.42. The maximum Gasteiger partial charge on any atom is 0.269 e. The van der Waals surface area contributed by atoms with Crippen LogP contribution in [-0.4, -0.2) is 10.8 Å². The molecule has 6 nitrogen and oxygen atoms in total. The molecule has 0 fully saturated rings. The smallest absolute Gasteiger partial charge is 0.269 e. The molecule has 2 N–H and O–H groups in total. The maximum atomic E-state index is 11.9. The third kappa shape index (κ3) is 3.38. The molecule has 2 aliphatic rings. The van der Waals surface area contributed by atoms with Crippen molar-refractivity contribution >= 4 is 23.0 Å².